The Morgan fingerprint density at radius 2 is 2.18 bits per heavy atom. The van der Waals surface area contributed by atoms with Crippen LogP contribution < -0.4 is 0 Å². The largest absolute Gasteiger partial charge is 0.313 e. The van der Waals surface area contributed by atoms with Crippen molar-refractivity contribution in [2.45, 2.75) is 6.92 Å². The highest BCUT2D eigenvalue weighted by atomic mass is 35.5. The van der Waals surface area contributed by atoms with Crippen molar-refractivity contribution in [1.29, 1.82) is 0 Å². The number of rotatable bonds is 2. The van der Waals surface area contributed by atoms with Crippen LogP contribution in [0.15, 0.2) is 24.7 Å². The maximum atomic E-state index is 10.9. The molecule has 0 aliphatic carbocycles. The molecule has 0 atom stereocenters. The molecule has 0 fully saturated rings. The molecule has 2 rings (SSSR count). The van der Waals surface area contributed by atoms with Crippen LogP contribution in [0.25, 0.3) is 11.3 Å². The van der Waals surface area contributed by atoms with Gasteiger partial charge in [-0.3, -0.25) is 15.1 Å². The molecule has 0 spiro atoms. The normalized spacial score (nSPS) is 10.2. The lowest BCUT2D eigenvalue weighted by molar-refractivity contribution is -0.384. The fourth-order valence-corrected chi connectivity index (χ4v) is 1.56. The smallest absolute Gasteiger partial charge is 0.264 e. The Morgan fingerprint density at radius 3 is 2.82 bits per heavy atom. The van der Waals surface area contributed by atoms with Crippen molar-refractivity contribution in [3.05, 3.63) is 45.6 Å². The summed E-state index contributed by atoms with van der Waals surface area (Å²) in [6, 6.07) is 1.65. The minimum absolute atomic E-state index is 0.0261. The first-order valence-electron chi connectivity index (χ1n) is 4.67. The van der Waals surface area contributed by atoms with Crippen molar-refractivity contribution in [2.75, 3.05) is 0 Å². The number of hydrogen-bond donors (Lipinski definition) is 0. The van der Waals surface area contributed by atoms with Crippen molar-refractivity contribution in [3.8, 4) is 11.3 Å². The molecule has 0 aliphatic rings. The van der Waals surface area contributed by atoms with Gasteiger partial charge in [-0.05, 0) is 30.2 Å². The van der Waals surface area contributed by atoms with Gasteiger partial charge in [-0.2, -0.15) is 0 Å². The molecule has 17 heavy (non-hydrogen) atoms. The third-order valence-electron chi connectivity index (χ3n) is 2.21. The van der Waals surface area contributed by atoms with E-state index in [4.69, 9.17) is 11.6 Å². The monoisotopic (exact) mass is 250 g/mol. The molecule has 0 unspecified atom stereocenters. The number of halogens is 1. The van der Waals surface area contributed by atoms with Crippen LogP contribution in [0.1, 0.15) is 5.56 Å². The molecule has 0 saturated heterocycles. The second-order valence-corrected chi connectivity index (χ2v) is 3.66. The summed E-state index contributed by atoms with van der Waals surface area (Å²) < 4.78 is 0. The predicted molar refractivity (Wildman–Crippen MR) is 61.7 cm³/mol. The summed E-state index contributed by atoms with van der Waals surface area (Å²) in [6.07, 6.45) is 4.25. The molecule has 2 aromatic heterocycles. The quantitative estimate of drug-likeness (QED) is 0.464. The van der Waals surface area contributed by atoms with E-state index in [0.717, 1.165) is 11.8 Å². The van der Waals surface area contributed by atoms with Crippen LogP contribution in [-0.2, 0) is 0 Å². The van der Waals surface area contributed by atoms with Crippen molar-refractivity contribution in [2.24, 2.45) is 0 Å². The van der Waals surface area contributed by atoms with Crippen LogP contribution in [0, 0.1) is 17.0 Å². The predicted octanol–water partition coefficient (Wildman–Crippen LogP) is 2.41. The molecular formula is C10H7ClN4O2. The third-order valence-corrected chi connectivity index (χ3v) is 2.39. The van der Waals surface area contributed by atoms with E-state index in [1.807, 2.05) is 0 Å². The Hall–Kier alpha value is -2.08. The second-order valence-electron chi connectivity index (χ2n) is 3.32. The lowest BCUT2D eigenvalue weighted by Gasteiger charge is -2.04. The maximum absolute atomic E-state index is 10.9. The second kappa shape index (κ2) is 4.42. The van der Waals surface area contributed by atoms with Crippen LogP contribution >= 0.6 is 11.6 Å². The van der Waals surface area contributed by atoms with Gasteiger partial charge in [0.2, 0.25) is 5.28 Å². The Kier molecular flexibility index (Phi) is 2.97. The van der Waals surface area contributed by atoms with Gasteiger partial charge < -0.3 is 0 Å². The van der Waals surface area contributed by atoms with E-state index in [9.17, 15) is 10.1 Å². The number of nitro groups is 1. The van der Waals surface area contributed by atoms with Gasteiger partial charge in [0, 0.05) is 18.0 Å². The Morgan fingerprint density at radius 1 is 1.41 bits per heavy atom. The van der Waals surface area contributed by atoms with Gasteiger partial charge in [0.05, 0.1) is 4.92 Å². The van der Waals surface area contributed by atoms with E-state index in [-0.39, 0.29) is 16.7 Å². The van der Waals surface area contributed by atoms with E-state index in [2.05, 4.69) is 15.0 Å². The van der Waals surface area contributed by atoms with E-state index in [1.165, 1.54) is 0 Å². The molecule has 0 radical (unpaired) electrons. The first-order valence-corrected chi connectivity index (χ1v) is 5.05. The van der Waals surface area contributed by atoms with E-state index in [0.29, 0.717) is 5.56 Å². The average Bonchev–Trinajstić information content (AvgIpc) is 2.29. The van der Waals surface area contributed by atoms with Crippen molar-refractivity contribution in [1.82, 2.24) is 15.0 Å². The maximum Gasteiger partial charge on any atom is 0.313 e. The van der Waals surface area contributed by atoms with Crippen LogP contribution in [0.3, 0.4) is 0 Å². The van der Waals surface area contributed by atoms with Gasteiger partial charge in [-0.1, -0.05) is 0 Å². The minimum Gasteiger partial charge on any atom is -0.264 e. The molecule has 0 aliphatic heterocycles. The first kappa shape index (κ1) is 11.4. The van der Waals surface area contributed by atoms with Crippen LogP contribution in [0.5, 0.6) is 0 Å². The van der Waals surface area contributed by atoms with Gasteiger partial charge in [0.15, 0.2) is 5.69 Å². The van der Waals surface area contributed by atoms with Crippen molar-refractivity contribution >= 4 is 17.3 Å². The molecule has 0 N–H and O–H groups in total. The zero-order chi connectivity index (χ0) is 12.4. The topological polar surface area (TPSA) is 81.8 Å². The highest BCUT2D eigenvalue weighted by molar-refractivity contribution is 6.28. The highest BCUT2D eigenvalue weighted by Gasteiger charge is 2.19. The molecule has 0 saturated carbocycles. The van der Waals surface area contributed by atoms with Crippen LogP contribution in [0.2, 0.25) is 5.28 Å². The van der Waals surface area contributed by atoms with E-state index < -0.39 is 4.92 Å². The lowest BCUT2D eigenvalue weighted by atomic mass is 10.1. The molecule has 0 bridgehead atoms. The number of nitrogens with zero attached hydrogens (tertiary/aromatic N) is 4. The van der Waals surface area contributed by atoms with Crippen molar-refractivity contribution in [3.63, 3.8) is 0 Å². The summed E-state index contributed by atoms with van der Waals surface area (Å²) in [6.45, 7) is 1.79. The molecule has 0 aromatic carbocycles. The third kappa shape index (κ3) is 2.21. The highest BCUT2D eigenvalue weighted by Crippen LogP contribution is 2.29. The molecular weight excluding hydrogens is 244 g/mol. The summed E-state index contributed by atoms with van der Waals surface area (Å²) in [5.41, 5.74) is 1.43. The van der Waals surface area contributed by atoms with Gasteiger partial charge in [0.1, 0.15) is 6.20 Å². The van der Waals surface area contributed by atoms with Gasteiger partial charge in [-0.15, -0.1) is 0 Å². The summed E-state index contributed by atoms with van der Waals surface area (Å²) in [5, 5.41) is 10.9. The Labute approximate surface area is 101 Å². The molecule has 2 heterocycles. The van der Waals surface area contributed by atoms with E-state index >= 15 is 0 Å². The Bertz CT molecular complexity index is 588. The van der Waals surface area contributed by atoms with Crippen LogP contribution in [0.4, 0.5) is 5.69 Å². The Balaban J connectivity index is 2.70. The first-order chi connectivity index (χ1) is 8.09. The molecule has 6 nitrogen and oxygen atoms in total. The number of aryl methyl sites for hydroxylation is 1. The fraction of sp³-hybridized carbons (Fsp3) is 0.100. The summed E-state index contributed by atoms with van der Waals surface area (Å²) in [5.74, 6) is 0. The van der Waals surface area contributed by atoms with E-state index in [1.54, 1.807) is 25.4 Å². The average molecular weight is 251 g/mol. The van der Waals surface area contributed by atoms with Crippen LogP contribution in [-0.4, -0.2) is 19.9 Å². The van der Waals surface area contributed by atoms with Gasteiger partial charge >= 0.3 is 5.69 Å². The molecule has 0 amide bonds. The standard InChI is InChI=1S/C10H7ClN4O2/c1-6-4-12-3-2-7(6)9-8(15(16)17)5-13-10(11)14-9/h2-5H,1H3. The summed E-state index contributed by atoms with van der Waals surface area (Å²) >= 11 is 5.66. The molecule has 86 valence electrons. The zero-order valence-electron chi connectivity index (χ0n) is 8.79. The van der Waals surface area contributed by atoms with Crippen molar-refractivity contribution < 1.29 is 4.92 Å². The summed E-state index contributed by atoms with van der Waals surface area (Å²) in [4.78, 5) is 21.8. The van der Waals surface area contributed by atoms with Gasteiger partial charge in [-0.25, -0.2) is 9.97 Å². The fourth-order valence-electron chi connectivity index (χ4n) is 1.42. The van der Waals surface area contributed by atoms with Gasteiger partial charge in [0.25, 0.3) is 0 Å². The minimum atomic E-state index is -0.536. The number of hydrogen-bond acceptors (Lipinski definition) is 5. The SMILES string of the molecule is Cc1cnccc1-c1nc(Cl)ncc1[N+](=O)[O-]. The number of aromatic nitrogens is 3. The lowest BCUT2D eigenvalue weighted by Crippen LogP contribution is -1.98. The molecule has 7 heteroatoms. The zero-order valence-corrected chi connectivity index (χ0v) is 9.55. The number of pyridine rings is 1. The molecule has 2 aromatic rings. The summed E-state index contributed by atoms with van der Waals surface area (Å²) in [7, 11) is 0.